The molecule has 1 aliphatic heterocycles. The van der Waals surface area contributed by atoms with E-state index in [-0.39, 0.29) is 24.0 Å². The van der Waals surface area contributed by atoms with Crippen molar-refractivity contribution in [2.75, 3.05) is 26.2 Å². The van der Waals surface area contributed by atoms with Gasteiger partial charge in [-0.25, -0.2) is 9.97 Å². The van der Waals surface area contributed by atoms with Crippen LogP contribution in [0.4, 0.5) is 0 Å². The van der Waals surface area contributed by atoms with Gasteiger partial charge < -0.3 is 14.8 Å². The number of nitrogens with one attached hydrogen (secondary N) is 1. The topological polar surface area (TPSA) is 58.3 Å². The number of guanidine groups is 1. The normalized spacial score (nSPS) is 20.7. The number of aromatic nitrogens is 3. The average Bonchev–Trinajstić information content (AvgIpc) is 3.26. The molecule has 2 atom stereocenters. The molecule has 144 valence electrons. The van der Waals surface area contributed by atoms with Gasteiger partial charge in [-0.15, -0.1) is 35.3 Å². The first-order chi connectivity index (χ1) is 12.2. The predicted molar refractivity (Wildman–Crippen MR) is 119 cm³/mol. The molecular weight excluding hydrogens is 459 g/mol. The smallest absolute Gasteiger partial charge is 0.193 e. The SMILES string of the molecule is CCNC(=NCCc1csc(C)n1)N1CCC(C)C(n2ccnc2)C1.I. The summed E-state index contributed by atoms with van der Waals surface area (Å²) in [5.74, 6) is 1.66. The Morgan fingerprint density at radius 2 is 2.31 bits per heavy atom. The highest BCUT2D eigenvalue weighted by molar-refractivity contribution is 14.0. The second-order valence-corrected chi connectivity index (χ2v) is 7.69. The molecule has 1 fully saturated rings. The van der Waals surface area contributed by atoms with E-state index in [1.54, 1.807) is 11.3 Å². The molecule has 1 aliphatic rings. The third-order valence-corrected chi connectivity index (χ3v) is 5.58. The van der Waals surface area contributed by atoms with Crippen LogP contribution >= 0.6 is 35.3 Å². The number of imidazole rings is 1. The van der Waals surface area contributed by atoms with Crippen molar-refractivity contribution in [3.63, 3.8) is 0 Å². The fourth-order valence-electron chi connectivity index (χ4n) is 3.32. The first-order valence-corrected chi connectivity index (χ1v) is 9.97. The molecule has 0 saturated carbocycles. The van der Waals surface area contributed by atoms with Crippen molar-refractivity contribution < 1.29 is 0 Å². The molecule has 2 unspecified atom stereocenters. The molecule has 0 amide bonds. The summed E-state index contributed by atoms with van der Waals surface area (Å²) in [5.41, 5.74) is 1.14. The number of nitrogens with zero attached hydrogens (tertiary/aromatic N) is 5. The van der Waals surface area contributed by atoms with E-state index in [0.29, 0.717) is 12.0 Å². The van der Waals surface area contributed by atoms with Gasteiger partial charge in [-0.1, -0.05) is 6.92 Å². The highest BCUT2D eigenvalue weighted by Gasteiger charge is 2.28. The summed E-state index contributed by atoms with van der Waals surface area (Å²) in [4.78, 5) is 16.0. The molecule has 6 nitrogen and oxygen atoms in total. The van der Waals surface area contributed by atoms with Gasteiger partial charge >= 0.3 is 0 Å². The zero-order valence-electron chi connectivity index (χ0n) is 15.8. The molecule has 0 aliphatic carbocycles. The summed E-state index contributed by atoms with van der Waals surface area (Å²) in [6.07, 6.45) is 7.92. The van der Waals surface area contributed by atoms with Gasteiger partial charge in [0.1, 0.15) is 0 Å². The summed E-state index contributed by atoms with van der Waals surface area (Å²) in [7, 11) is 0. The van der Waals surface area contributed by atoms with Gasteiger partial charge in [-0.05, 0) is 26.2 Å². The minimum Gasteiger partial charge on any atom is -0.357 e. The van der Waals surface area contributed by atoms with Gasteiger partial charge in [0.2, 0.25) is 0 Å². The van der Waals surface area contributed by atoms with Crippen molar-refractivity contribution in [3.05, 3.63) is 34.8 Å². The molecule has 26 heavy (non-hydrogen) atoms. The maximum Gasteiger partial charge on any atom is 0.193 e. The number of piperidine rings is 1. The Hall–Kier alpha value is -1.16. The van der Waals surface area contributed by atoms with Gasteiger partial charge in [0.15, 0.2) is 5.96 Å². The van der Waals surface area contributed by atoms with E-state index in [9.17, 15) is 0 Å². The molecule has 0 bridgehead atoms. The van der Waals surface area contributed by atoms with Crippen molar-refractivity contribution in [3.8, 4) is 0 Å². The molecular formula is C18H29IN6S. The maximum absolute atomic E-state index is 4.85. The summed E-state index contributed by atoms with van der Waals surface area (Å²) < 4.78 is 2.23. The largest absolute Gasteiger partial charge is 0.357 e. The Bertz CT molecular complexity index is 684. The minimum atomic E-state index is 0. The van der Waals surface area contributed by atoms with E-state index in [1.165, 1.54) is 6.42 Å². The van der Waals surface area contributed by atoms with E-state index in [4.69, 9.17) is 4.99 Å². The van der Waals surface area contributed by atoms with E-state index < -0.39 is 0 Å². The molecule has 2 aromatic rings. The third kappa shape index (κ3) is 5.42. The molecule has 3 heterocycles. The molecule has 0 radical (unpaired) electrons. The monoisotopic (exact) mass is 488 g/mol. The summed E-state index contributed by atoms with van der Waals surface area (Å²) in [6, 6.07) is 0.446. The van der Waals surface area contributed by atoms with E-state index in [0.717, 1.165) is 49.3 Å². The Kier molecular flexibility index (Phi) is 8.33. The highest BCUT2D eigenvalue weighted by Crippen LogP contribution is 2.27. The fraction of sp³-hybridized carbons (Fsp3) is 0.611. The predicted octanol–water partition coefficient (Wildman–Crippen LogP) is 3.36. The fourth-order valence-corrected chi connectivity index (χ4v) is 3.97. The van der Waals surface area contributed by atoms with Crippen molar-refractivity contribution in [2.24, 2.45) is 10.9 Å². The Morgan fingerprint density at radius 3 is 2.96 bits per heavy atom. The van der Waals surface area contributed by atoms with E-state index in [2.05, 4.69) is 50.2 Å². The van der Waals surface area contributed by atoms with Crippen LogP contribution in [0.1, 0.15) is 37.0 Å². The lowest BCUT2D eigenvalue weighted by molar-refractivity contribution is 0.189. The summed E-state index contributed by atoms with van der Waals surface area (Å²) >= 11 is 1.71. The van der Waals surface area contributed by atoms with Crippen LogP contribution in [0.15, 0.2) is 29.1 Å². The van der Waals surface area contributed by atoms with Gasteiger partial charge in [-0.2, -0.15) is 0 Å². The van der Waals surface area contributed by atoms with E-state index >= 15 is 0 Å². The quantitative estimate of drug-likeness (QED) is 0.399. The lowest BCUT2D eigenvalue weighted by Crippen LogP contribution is -2.49. The Labute approximate surface area is 177 Å². The van der Waals surface area contributed by atoms with Crippen LogP contribution in [0.5, 0.6) is 0 Å². The minimum absolute atomic E-state index is 0. The van der Waals surface area contributed by atoms with Gasteiger partial charge in [0.05, 0.1) is 23.1 Å². The molecule has 1 saturated heterocycles. The molecule has 1 N–H and O–H groups in total. The van der Waals surface area contributed by atoms with Crippen LogP contribution in [0.25, 0.3) is 0 Å². The summed E-state index contributed by atoms with van der Waals surface area (Å²) in [5, 5.41) is 6.72. The second kappa shape index (κ2) is 10.2. The van der Waals surface area contributed by atoms with Gasteiger partial charge in [0, 0.05) is 50.4 Å². The summed E-state index contributed by atoms with van der Waals surface area (Å²) in [6.45, 7) is 10.2. The molecule has 8 heteroatoms. The van der Waals surface area contributed by atoms with Crippen molar-refractivity contribution >= 4 is 41.3 Å². The number of halogens is 1. The maximum atomic E-state index is 4.85. The number of hydrogen-bond acceptors (Lipinski definition) is 4. The van der Waals surface area contributed by atoms with Crippen LogP contribution < -0.4 is 5.32 Å². The zero-order valence-corrected chi connectivity index (χ0v) is 18.9. The van der Waals surface area contributed by atoms with Crippen LogP contribution in [-0.4, -0.2) is 51.6 Å². The number of aliphatic imine (C=N–C) groups is 1. The number of aryl methyl sites for hydroxylation is 1. The van der Waals surface area contributed by atoms with Crippen LogP contribution in [0.2, 0.25) is 0 Å². The zero-order chi connectivity index (χ0) is 17.6. The molecule has 0 spiro atoms. The molecule has 0 aromatic carbocycles. The average molecular weight is 488 g/mol. The first-order valence-electron chi connectivity index (χ1n) is 9.09. The third-order valence-electron chi connectivity index (χ3n) is 4.76. The van der Waals surface area contributed by atoms with Crippen molar-refractivity contribution in [2.45, 2.75) is 39.7 Å². The first kappa shape index (κ1) is 21.1. The lowest BCUT2D eigenvalue weighted by Gasteiger charge is -2.39. The number of thiazole rings is 1. The molecule has 3 rings (SSSR count). The number of hydrogen-bond donors (Lipinski definition) is 1. The van der Waals surface area contributed by atoms with Crippen molar-refractivity contribution in [1.29, 1.82) is 0 Å². The van der Waals surface area contributed by atoms with Crippen LogP contribution in [0, 0.1) is 12.8 Å². The second-order valence-electron chi connectivity index (χ2n) is 6.63. The number of rotatable bonds is 5. The van der Waals surface area contributed by atoms with Gasteiger partial charge in [0.25, 0.3) is 0 Å². The Morgan fingerprint density at radius 1 is 1.46 bits per heavy atom. The van der Waals surface area contributed by atoms with E-state index in [1.807, 2.05) is 19.4 Å². The highest BCUT2D eigenvalue weighted by atomic mass is 127. The standard InChI is InChI=1S/C18H28N6S.HI/c1-4-20-18(21-7-5-16-12-25-15(3)22-16)23-9-6-14(2)17(11-23)24-10-8-19-13-24;/h8,10,12-14,17H,4-7,9,11H2,1-3H3,(H,20,21);1H. The lowest BCUT2D eigenvalue weighted by atomic mass is 9.93. The number of likely N-dealkylation sites (tertiary alicyclic amines) is 1. The van der Waals surface area contributed by atoms with Crippen molar-refractivity contribution in [1.82, 2.24) is 24.8 Å². The Balaban J connectivity index is 0.00000243. The van der Waals surface area contributed by atoms with Crippen LogP contribution in [0.3, 0.4) is 0 Å². The van der Waals surface area contributed by atoms with Crippen LogP contribution in [-0.2, 0) is 6.42 Å². The molecule has 2 aromatic heterocycles. The van der Waals surface area contributed by atoms with Gasteiger partial charge in [-0.3, -0.25) is 4.99 Å².